The summed E-state index contributed by atoms with van der Waals surface area (Å²) in [7, 11) is 0. The van der Waals surface area contributed by atoms with E-state index in [2.05, 4.69) is 24.1 Å². The molecule has 7 heteroatoms. The zero-order valence-corrected chi connectivity index (χ0v) is 23.3. The zero-order valence-electron chi connectivity index (χ0n) is 22.5. The molecule has 2 aromatic carbocycles. The van der Waals surface area contributed by atoms with Gasteiger partial charge in [0.2, 0.25) is 5.91 Å². The molecule has 6 nitrogen and oxygen atoms in total. The number of carbonyl (C=O) groups excluding carboxylic acids is 2. The first-order valence-corrected chi connectivity index (χ1v) is 14.1. The fraction of sp³-hybridized carbons (Fsp3) is 0.533. The molecule has 2 aromatic rings. The van der Waals surface area contributed by atoms with Crippen molar-refractivity contribution < 1.29 is 14.3 Å². The third-order valence-electron chi connectivity index (χ3n) is 7.62. The van der Waals surface area contributed by atoms with Gasteiger partial charge in [0, 0.05) is 48.0 Å². The van der Waals surface area contributed by atoms with Gasteiger partial charge >= 0.3 is 0 Å². The van der Waals surface area contributed by atoms with Crippen molar-refractivity contribution in [1.29, 1.82) is 0 Å². The molecule has 1 aliphatic heterocycles. The Balaban J connectivity index is 1.81. The lowest BCUT2D eigenvalue weighted by Crippen LogP contribution is -2.49. The third kappa shape index (κ3) is 6.06. The number of rotatable bonds is 8. The molecule has 2 atom stereocenters. The van der Waals surface area contributed by atoms with Crippen LogP contribution >= 0.6 is 11.6 Å². The fourth-order valence-electron chi connectivity index (χ4n) is 5.49. The maximum atomic E-state index is 14.1. The number of nitrogens with one attached hydrogen (secondary N) is 1. The zero-order chi connectivity index (χ0) is 26.5. The lowest BCUT2D eigenvalue weighted by Gasteiger charge is -2.33. The number of hydrogen-bond acceptors (Lipinski definition) is 4. The Bertz CT molecular complexity index is 1100. The SMILES string of the molecule is CCN(CC)c1ccc2c(c1)OC(C(C)C)C(=O)N(Cc1ccccc1Cl)C2C(=O)NC1CCCCC1. The minimum Gasteiger partial charge on any atom is -0.480 e. The summed E-state index contributed by atoms with van der Waals surface area (Å²) in [6.45, 7) is 10.1. The number of fused-ring (bicyclic) bond motifs is 1. The van der Waals surface area contributed by atoms with Crippen molar-refractivity contribution in [2.45, 2.75) is 84.5 Å². The van der Waals surface area contributed by atoms with Gasteiger partial charge in [-0.3, -0.25) is 9.59 Å². The van der Waals surface area contributed by atoms with E-state index in [4.69, 9.17) is 16.3 Å². The smallest absolute Gasteiger partial charge is 0.265 e. The molecule has 200 valence electrons. The Morgan fingerprint density at radius 2 is 1.81 bits per heavy atom. The van der Waals surface area contributed by atoms with Crippen molar-refractivity contribution in [2.75, 3.05) is 18.0 Å². The lowest BCUT2D eigenvalue weighted by molar-refractivity contribution is -0.147. The number of nitrogens with zero attached hydrogens (tertiary/aromatic N) is 2. The molecule has 0 radical (unpaired) electrons. The average Bonchev–Trinajstić information content (AvgIpc) is 3.01. The number of carbonyl (C=O) groups is 2. The van der Waals surface area contributed by atoms with E-state index in [0.717, 1.165) is 50.0 Å². The van der Waals surface area contributed by atoms with Gasteiger partial charge in [0.1, 0.15) is 11.8 Å². The van der Waals surface area contributed by atoms with Gasteiger partial charge in [-0.15, -0.1) is 0 Å². The second-order valence-electron chi connectivity index (χ2n) is 10.5. The molecule has 0 aromatic heterocycles. The highest BCUT2D eigenvalue weighted by Crippen LogP contribution is 2.39. The summed E-state index contributed by atoms with van der Waals surface area (Å²) < 4.78 is 6.45. The predicted molar refractivity (Wildman–Crippen MR) is 149 cm³/mol. The van der Waals surface area contributed by atoms with Crippen molar-refractivity contribution in [3.8, 4) is 5.75 Å². The predicted octanol–water partition coefficient (Wildman–Crippen LogP) is 6.12. The molecule has 1 N–H and O–H groups in total. The van der Waals surface area contributed by atoms with E-state index in [1.807, 2.05) is 56.3 Å². The van der Waals surface area contributed by atoms with Gasteiger partial charge in [-0.25, -0.2) is 0 Å². The quantitative estimate of drug-likeness (QED) is 0.451. The van der Waals surface area contributed by atoms with Crippen molar-refractivity contribution in [3.63, 3.8) is 0 Å². The number of hydrogen-bond donors (Lipinski definition) is 1. The van der Waals surface area contributed by atoms with E-state index in [-0.39, 0.29) is 30.3 Å². The summed E-state index contributed by atoms with van der Waals surface area (Å²) in [6.07, 6.45) is 4.65. The topological polar surface area (TPSA) is 61.9 Å². The standard InChI is InChI=1S/C30H40ClN3O3/c1-5-33(6-2)23-16-17-24-26(18-23)37-28(20(3)4)30(36)34(19-21-12-10-11-15-25(21)31)27(24)29(35)32-22-13-8-7-9-14-22/h10-12,15-18,20,22,27-28H,5-9,13-14,19H2,1-4H3,(H,32,35). The van der Waals surface area contributed by atoms with Crippen molar-refractivity contribution in [3.05, 3.63) is 58.6 Å². The molecular formula is C30H40ClN3O3. The van der Waals surface area contributed by atoms with Crippen LogP contribution in [-0.4, -0.2) is 41.9 Å². The van der Waals surface area contributed by atoms with E-state index in [9.17, 15) is 9.59 Å². The van der Waals surface area contributed by atoms with Crippen LogP contribution in [-0.2, 0) is 16.1 Å². The van der Waals surface area contributed by atoms with E-state index >= 15 is 0 Å². The molecule has 0 bridgehead atoms. The molecule has 0 spiro atoms. The van der Waals surface area contributed by atoms with Crippen molar-refractivity contribution in [1.82, 2.24) is 10.2 Å². The van der Waals surface area contributed by atoms with E-state index in [1.165, 1.54) is 6.42 Å². The van der Waals surface area contributed by atoms with Crippen LogP contribution in [0.5, 0.6) is 5.75 Å². The van der Waals surface area contributed by atoms with Crippen molar-refractivity contribution >= 4 is 29.1 Å². The Kier molecular flexibility index (Phi) is 9.01. The number of amides is 2. The summed E-state index contributed by atoms with van der Waals surface area (Å²) in [6, 6.07) is 12.8. The highest BCUT2D eigenvalue weighted by Gasteiger charge is 2.42. The average molecular weight is 526 g/mol. The molecule has 1 saturated carbocycles. The fourth-order valence-corrected chi connectivity index (χ4v) is 5.69. The number of anilines is 1. The Hall–Kier alpha value is -2.73. The van der Waals surface area contributed by atoms with Gasteiger partial charge < -0.3 is 19.9 Å². The minimum atomic E-state index is -0.810. The monoisotopic (exact) mass is 525 g/mol. The Labute approximate surface area is 226 Å². The summed E-state index contributed by atoms with van der Waals surface area (Å²) in [5.74, 6) is 0.171. The molecule has 0 saturated heterocycles. The van der Waals surface area contributed by atoms with Gasteiger partial charge in [0.05, 0.1) is 0 Å². The first kappa shape index (κ1) is 27.3. The van der Waals surface area contributed by atoms with Crippen LogP contribution < -0.4 is 15.0 Å². The molecule has 1 fully saturated rings. The lowest BCUT2D eigenvalue weighted by atomic mass is 9.94. The minimum absolute atomic E-state index is 0.0774. The van der Waals surface area contributed by atoms with Crippen LogP contribution in [0, 0.1) is 5.92 Å². The highest BCUT2D eigenvalue weighted by atomic mass is 35.5. The molecule has 1 aliphatic carbocycles. The van der Waals surface area contributed by atoms with E-state index < -0.39 is 12.1 Å². The largest absolute Gasteiger partial charge is 0.480 e. The summed E-state index contributed by atoms with van der Waals surface area (Å²) in [5.41, 5.74) is 2.54. The molecular weight excluding hydrogens is 486 g/mol. The molecule has 1 heterocycles. The van der Waals surface area contributed by atoms with Crippen LogP contribution in [0.4, 0.5) is 5.69 Å². The first-order valence-electron chi connectivity index (χ1n) is 13.7. The first-order chi connectivity index (χ1) is 17.8. The molecule has 2 aliphatic rings. The van der Waals surface area contributed by atoms with Gasteiger partial charge in [-0.05, 0) is 50.3 Å². The highest BCUT2D eigenvalue weighted by molar-refractivity contribution is 6.31. The van der Waals surface area contributed by atoms with Gasteiger partial charge in [-0.2, -0.15) is 0 Å². The normalized spacial score (nSPS) is 20.3. The summed E-state index contributed by atoms with van der Waals surface area (Å²) in [4.78, 5) is 32.0. The maximum absolute atomic E-state index is 14.1. The van der Waals surface area contributed by atoms with Crippen LogP contribution in [0.1, 0.15) is 77.0 Å². The third-order valence-corrected chi connectivity index (χ3v) is 7.99. The summed E-state index contributed by atoms with van der Waals surface area (Å²) >= 11 is 6.53. The van der Waals surface area contributed by atoms with Crippen molar-refractivity contribution in [2.24, 2.45) is 5.92 Å². The van der Waals surface area contributed by atoms with Crippen LogP contribution in [0.15, 0.2) is 42.5 Å². The van der Waals surface area contributed by atoms with Crippen LogP contribution in [0.3, 0.4) is 0 Å². The maximum Gasteiger partial charge on any atom is 0.265 e. The Morgan fingerprint density at radius 1 is 1.11 bits per heavy atom. The second-order valence-corrected chi connectivity index (χ2v) is 10.9. The Morgan fingerprint density at radius 3 is 2.46 bits per heavy atom. The van der Waals surface area contributed by atoms with E-state index in [0.29, 0.717) is 16.3 Å². The number of ether oxygens (including phenoxy) is 1. The molecule has 2 unspecified atom stereocenters. The number of halogens is 1. The second kappa shape index (κ2) is 12.2. The van der Waals surface area contributed by atoms with Crippen LogP contribution in [0.2, 0.25) is 5.02 Å². The van der Waals surface area contributed by atoms with Gasteiger partial charge in [0.25, 0.3) is 5.91 Å². The van der Waals surface area contributed by atoms with E-state index in [1.54, 1.807) is 4.90 Å². The summed E-state index contributed by atoms with van der Waals surface area (Å²) in [5, 5.41) is 3.85. The molecule has 2 amide bonds. The van der Waals surface area contributed by atoms with Crippen LogP contribution in [0.25, 0.3) is 0 Å². The number of benzene rings is 2. The molecule has 4 rings (SSSR count). The van der Waals surface area contributed by atoms with Gasteiger partial charge in [0.15, 0.2) is 6.10 Å². The van der Waals surface area contributed by atoms with Gasteiger partial charge in [-0.1, -0.05) is 69.0 Å². The molecule has 37 heavy (non-hydrogen) atoms.